The minimum absolute atomic E-state index is 0.0354. The van der Waals surface area contributed by atoms with Gasteiger partial charge in [-0.3, -0.25) is 4.79 Å². The van der Waals surface area contributed by atoms with Crippen molar-refractivity contribution in [1.82, 2.24) is 9.80 Å². The van der Waals surface area contributed by atoms with Gasteiger partial charge in [0.05, 0.1) is 6.54 Å². The molecule has 0 bridgehead atoms. The maximum absolute atomic E-state index is 13.4. The fourth-order valence-corrected chi connectivity index (χ4v) is 4.60. The number of carbonyl (C=O) groups is 2. The number of benzene rings is 2. The van der Waals surface area contributed by atoms with E-state index < -0.39 is 0 Å². The average Bonchev–Trinajstić information content (AvgIpc) is 3.55. The summed E-state index contributed by atoms with van der Waals surface area (Å²) < 4.78 is 0. The largest absolute Gasteiger partial charge is 0.332 e. The van der Waals surface area contributed by atoms with Crippen LogP contribution >= 0.6 is 11.3 Å². The number of para-hydroxylation sites is 1. The standard InChI is InChI=1S/C26H29N3O2S/c1-19-8-6-7-11-24(19)27-26(31)29(22-13-14-22)18-25(30)28(16-21-9-4-3-5-10-21)17-23-15-12-20(2)32-23/h3-12,15,22H,13-14,16-18H2,1-2H3,(H,27,31). The summed E-state index contributed by atoms with van der Waals surface area (Å²) >= 11 is 1.70. The van der Waals surface area contributed by atoms with Crippen LogP contribution in [-0.4, -0.2) is 34.3 Å². The highest BCUT2D eigenvalue weighted by Crippen LogP contribution is 2.28. The first-order chi connectivity index (χ1) is 15.5. The molecule has 0 saturated heterocycles. The lowest BCUT2D eigenvalue weighted by molar-refractivity contribution is -0.133. The third-order valence-corrected chi connectivity index (χ3v) is 6.64. The minimum atomic E-state index is -0.207. The molecule has 1 aliphatic carbocycles. The van der Waals surface area contributed by atoms with E-state index in [1.54, 1.807) is 16.2 Å². The van der Waals surface area contributed by atoms with Crippen LogP contribution in [0.2, 0.25) is 0 Å². The van der Waals surface area contributed by atoms with Gasteiger partial charge in [0.2, 0.25) is 5.91 Å². The molecule has 0 unspecified atom stereocenters. The van der Waals surface area contributed by atoms with Crippen molar-refractivity contribution in [2.75, 3.05) is 11.9 Å². The molecule has 3 aromatic rings. The molecule has 0 atom stereocenters. The van der Waals surface area contributed by atoms with E-state index in [0.29, 0.717) is 13.1 Å². The topological polar surface area (TPSA) is 52.7 Å². The molecule has 0 radical (unpaired) electrons. The molecule has 166 valence electrons. The number of rotatable bonds is 8. The minimum Gasteiger partial charge on any atom is -0.332 e. The predicted molar refractivity (Wildman–Crippen MR) is 130 cm³/mol. The van der Waals surface area contributed by atoms with Crippen molar-refractivity contribution in [3.8, 4) is 0 Å². The van der Waals surface area contributed by atoms with Gasteiger partial charge >= 0.3 is 6.03 Å². The fourth-order valence-electron chi connectivity index (χ4n) is 3.69. The van der Waals surface area contributed by atoms with E-state index >= 15 is 0 Å². The lowest BCUT2D eigenvalue weighted by Crippen LogP contribution is -2.45. The Morgan fingerprint density at radius 3 is 2.31 bits per heavy atom. The summed E-state index contributed by atoms with van der Waals surface area (Å²) in [6, 6.07) is 21.8. The molecule has 0 spiro atoms. The quantitative estimate of drug-likeness (QED) is 0.489. The number of nitrogens with one attached hydrogen (secondary N) is 1. The van der Waals surface area contributed by atoms with E-state index in [4.69, 9.17) is 0 Å². The SMILES string of the molecule is Cc1ccc(CN(Cc2ccccc2)C(=O)CN(C(=O)Nc2ccccc2C)C2CC2)s1. The molecular formula is C26H29N3O2S. The summed E-state index contributed by atoms with van der Waals surface area (Å²) in [5, 5.41) is 3.00. The second-order valence-corrected chi connectivity index (χ2v) is 9.72. The summed E-state index contributed by atoms with van der Waals surface area (Å²) in [4.78, 5) is 32.4. The number of nitrogens with zero attached hydrogens (tertiary/aromatic N) is 2. The molecule has 2 aromatic carbocycles. The van der Waals surface area contributed by atoms with E-state index in [9.17, 15) is 9.59 Å². The van der Waals surface area contributed by atoms with Crippen molar-refractivity contribution in [2.45, 2.75) is 45.8 Å². The molecule has 1 N–H and O–H groups in total. The monoisotopic (exact) mass is 447 g/mol. The van der Waals surface area contributed by atoms with E-state index in [1.165, 1.54) is 4.88 Å². The van der Waals surface area contributed by atoms with Crippen LogP contribution in [-0.2, 0) is 17.9 Å². The first-order valence-electron chi connectivity index (χ1n) is 11.0. The Hall–Kier alpha value is -3.12. The summed E-state index contributed by atoms with van der Waals surface area (Å²) in [5.41, 5.74) is 2.86. The van der Waals surface area contributed by atoms with Crippen molar-refractivity contribution in [3.63, 3.8) is 0 Å². The predicted octanol–water partition coefficient (Wildman–Crippen LogP) is 5.59. The Morgan fingerprint density at radius 2 is 1.66 bits per heavy atom. The third kappa shape index (κ3) is 5.77. The van der Waals surface area contributed by atoms with Crippen LogP contribution in [0, 0.1) is 13.8 Å². The highest BCUT2D eigenvalue weighted by Gasteiger charge is 2.35. The lowest BCUT2D eigenvalue weighted by atomic mass is 10.2. The van der Waals surface area contributed by atoms with E-state index in [0.717, 1.165) is 34.5 Å². The zero-order valence-corrected chi connectivity index (χ0v) is 19.4. The van der Waals surface area contributed by atoms with E-state index in [2.05, 4.69) is 24.4 Å². The first-order valence-corrected chi connectivity index (χ1v) is 11.8. The Balaban J connectivity index is 1.49. The summed E-state index contributed by atoms with van der Waals surface area (Å²) in [7, 11) is 0. The first kappa shape index (κ1) is 22.1. The number of hydrogen-bond acceptors (Lipinski definition) is 3. The van der Waals surface area contributed by atoms with Crippen LogP contribution < -0.4 is 5.32 Å². The summed E-state index contributed by atoms with van der Waals surface area (Å²) in [5.74, 6) is -0.0354. The van der Waals surface area contributed by atoms with Gasteiger partial charge in [-0.05, 0) is 56.0 Å². The van der Waals surface area contributed by atoms with Crippen LogP contribution in [0.4, 0.5) is 10.5 Å². The molecule has 1 heterocycles. The van der Waals surface area contributed by atoms with Gasteiger partial charge in [-0.2, -0.15) is 0 Å². The van der Waals surface area contributed by atoms with Gasteiger partial charge in [0.25, 0.3) is 0 Å². The van der Waals surface area contributed by atoms with Gasteiger partial charge in [-0.15, -0.1) is 11.3 Å². The van der Waals surface area contributed by atoms with Crippen molar-refractivity contribution in [3.05, 3.63) is 87.6 Å². The number of amides is 3. The number of thiophene rings is 1. The molecule has 1 aliphatic rings. The Bertz CT molecular complexity index is 1080. The molecule has 3 amide bonds. The highest BCUT2D eigenvalue weighted by molar-refractivity contribution is 7.11. The normalized spacial score (nSPS) is 12.9. The average molecular weight is 448 g/mol. The fraction of sp³-hybridized carbons (Fsp3) is 0.308. The number of urea groups is 1. The van der Waals surface area contributed by atoms with Crippen LogP contribution in [0.1, 0.15) is 33.7 Å². The smallest absolute Gasteiger partial charge is 0.322 e. The Labute approximate surface area is 193 Å². The van der Waals surface area contributed by atoms with Crippen LogP contribution in [0.5, 0.6) is 0 Å². The summed E-state index contributed by atoms with van der Waals surface area (Å²) in [6.45, 7) is 5.19. The van der Waals surface area contributed by atoms with Gasteiger partial charge < -0.3 is 15.1 Å². The zero-order chi connectivity index (χ0) is 22.5. The number of hydrogen-bond donors (Lipinski definition) is 1. The zero-order valence-electron chi connectivity index (χ0n) is 18.6. The maximum atomic E-state index is 13.4. The summed E-state index contributed by atoms with van der Waals surface area (Å²) in [6.07, 6.45) is 1.88. The van der Waals surface area contributed by atoms with Crippen molar-refractivity contribution < 1.29 is 9.59 Å². The second kappa shape index (κ2) is 10.0. The van der Waals surface area contributed by atoms with Crippen LogP contribution in [0.15, 0.2) is 66.7 Å². The Kier molecular flexibility index (Phi) is 6.90. The van der Waals surface area contributed by atoms with Crippen molar-refractivity contribution in [1.29, 1.82) is 0 Å². The molecule has 0 aliphatic heterocycles. The molecular weight excluding hydrogens is 418 g/mol. The van der Waals surface area contributed by atoms with E-state index in [1.807, 2.05) is 66.4 Å². The van der Waals surface area contributed by atoms with Crippen molar-refractivity contribution in [2.24, 2.45) is 0 Å². The molecule has 5 nitrogen and oxygen atoms in total. The number of carbonyl (C=O) groups excluding carboxylic acids is 2. The lowest BCUT2D eigenvalue weighted by Gasteiger charge is -2.28. The number of anilines is 1. The van der Waals surface area contributed by atoms with Crippen LogP contribution in [0.3, 0.4) is 0 Å². The number of aryl methyl sites for hydroxylation is 2. The third-order valence-electron chi connectivity index (χ3n) is 5.65. The molecule has 1 saturated carbocycles. The van der Waals surface area contributed by atoms with Crippen LogP contribution in [0.25, 0.3) is 0 Å². The highest BCUT2D eigenvalue weighted by atomic mass is 32.1. The molecule has 32 heavy (non-hydrogen) atoms. The molecule has 1 fully saturated rings. The van der Waals surface area contributed by atoms with Gasteiger partial charge in [-0.25, -0.2) is 4.79 Å². The molecule has 6 heteroatoms. The van der Waals surface area contributed by atoms with Gasteiger partial charge in [-0.1, -0.05) is 48.5 Å². The van der Waals surface area contributed by atoms with Gasteiger partial charge in [0.1, 0.15) is 6.54 Å². The van der Waals surface area contributed by atoms with Gasteiger partial charge in [0, 0.05) is 28.0 Å². The molecule has 1 aromatic heterocycles. The van der Waals surface area contributed by atoms with Crippen molar-refractivity contribution >= 4 is 29.0 Å². The van der Waals surface area contributed by atoms with Gasteiger partial charge in [0.15, 0.2) is 0 Å². The molecule has 4 rings (SSSR count). The Morgan fingerprint density at radius 1 is 0.938 bits per heavy atom. The second-order valence-electron chi connectivity index (χ2n) is 8.35. The van der Waals surface area contributed by atoms with E-state index in [-0.39, 0.29) is 24.5 Å². The maximum Gasteiger partial charge on any atom is 0.322 e.